The number of aromatic nitrogens is 3. The smallest absolute Gasteiger partial charge is 0.271 e. The van der Waals surface area contributed by atoms with Gasteiger partial charge in [0.25, 0.3) is 5.91 Å². The Morgan fingerprint density at radius 3 is 2.40 bits per heavy atom. The second-order valence-electron chi connectivity index (χ2n) is 8.00. The Morgan fingerprint density at radius 2 is 1.60 bits per heavy atom. The molecule has 7 nitrogen and oxygen atoms in total. The van der Waals surface area contributed by atoms with E-state index in [1.807, 2.05) is 78.9 Å². The van der Waals surface area contributed by atoms with E-state index in [4.69, 9.17) is 16.2 Å². The summed E-state index contributed by atoms with van der Waals surface area (Å²) in [6, 6.07) is 27.3. The van der Waals surface area contributed by atoms with Crippen LogP contribution >= 0.6 is 0 Å². The summed E-state index contributed by atoms with van der Waals surface area (Å²) in [6.07, 6.45) is 2.82. The van der Waals surface area contributed by atoms with Crippen LogP contribution in [0.3, 0.4) is 0 Å². The molecule has 2 aromatic heterocycles. The summed E-state index contributed by atoms with van der Waals surface area (Å²) in [7, 11) is 0. The third kappa shape index (κ3) is 4.65. The van der Waals surface area contributed by atoms with Crippen LogP contribution in [0.15, 0.2) is 91.1 Å². The molecule has 0 saturated carbocycles. The Labute approximate surface area is 202 Å². The predicted octanol–water partition coefficient (Wildman–Crippen LogP) is 4.66. The average Bonchev–Trinajstić information content (AvgIpc) is 3.38. The van der Waals surface area contributed by atoms with Crippen molar-refractivity contribution in [3.05, 3.63) is 102 Å². The van der Waals surface area contributed by atoms with Crippen molar-refractivity contribution in [3.63, 3.8) is 0 Å². The van der Waals surface area contributed by atoms with Crippen LogP contribution in [0.5, 0.6) is 5.75 Å². The molecule has 3 heterocycles. The zero-order valence-corrected chi connectivity index (χ0v) is 18.9. The molecule has 0 aliphatic carbocycles. The number of pyridine rings is 1. The number of nitrogen functional groups attached to an aromatic ring is 1. The van der Waals surface area contributed by atoms with Crippen molar-refractivity contribution in [2.75, 3.05) is 12.3 Å². The zero-order valence-electron chi connectivity index (χ0n) is 18.9. The molecule has 4 N–H and O–H groups in total. The number of nitrogens with two attached hydrogens (primary N) is 2. The van der Waals surface area contributed by atoms with Crippen molar-refractivity contribution in [2.24, 2.45) is 5.73 Å². The van der Waals surface area contributed by atoms with Crippen LogP contribution in [0.25, 0.3) is 33.4 Å². The van der Waals surface area contributed by atoms with Gasteiger partial charge < -0.3 is 16.2 Å². The van der Waals surface area contributed by atoms with E-state index in [0.717, 1.165) is 40.8 Å². The lowest BCUT2D eigenvalue weighted by Crippen LogP contribution is -2.17. The third-order valence-electron chi connectivity index (χ3n) is 5.68. The molecule has 0 atom stereocenters. The lowest BCUT2D eigenvalue weighted by Gasteiger charge is -2.12. The van der Waals surface area contributed by atoms with E-state index >= 15 is 0 Å². The van der Waals surface area contributed by atoms with Crippen molar-refractivity contribution in [3.8, 4) is 28.3 Å². The number of amides is 1. The average molecular weight is 462 g/mol. The minimum Gasteiger partial charge on any atom is -0.493 e. The number of anilines is 1. The van der Waals surface area contributed by atoms with Crippen LogP contribution < -0.4 is 16.2 Å². The van der Waals surface area contributed by atoms with E-state index in [1.54, 1.807) is 6.20 Å². The summed E-state index contributed by atoms with van der Waals surface area (Å²) in [5.74, 6) is 0.373. The van der Waals surface area contributed by atoms with Gasteiger partial charge in [-0.1, -0.05) is 60.7 Å². The normalized spacial score (nSPS) is 11.8. The van der Waals surface area contributed by atoms with Crippen LogP contribution in [0.4, 0.5) is 5.82 Å². The van der Waals surface area contributed by atoms with Crippen LogP contribution in [0, 0.1) is 0 Å². The molecule has 0 saturated heterocycles. The van der Waals surface area contributed by atoms with Crippen LogP contribution in [0.1, 0.15) is 16.1 Å². The van der Waals surface area contributed by atoms with Gasteiger partial charge in [0.15, 0.2) is 11.5 Å². The minimum atomic E-state index is -0.710. The van der Waals surface area contributed by atoms with Crippen molar-refractivity contribution >= 4 is 22.6 Å². The number of fused-ring (bicyclic) bond motifs is 2. The Hall–Kier alpha value is -4.78. The fourth-order valence-corrected chi connectivity index (χ4v) is 3.97. The number of benzene rings is 3. The van der Waals surface area contributed by atoms with Gasteiger partial charge in [0, 0.05) is 29.1 Å². The molecule has 7 heteroatoms. The first-order valence-corrected chi connectivity index (χ1v) is 11.2. The van der Waals surface area contributed by atoms with Gasteiger partial charge in [0.1, 0.15) is 5.75 Å². The summed E-state index contributed by atoms with van der Waals surface area (Å²) in [5.41, 5.74) is 16.3. The molecule has 1 aliphatic heterocycles. The number of carbonyl (C=O) groups is 1. The lowest BCUT2D eigenvalue weighted by molar-refractivity contribution is 0.0996. The molecule has 172 valence electrons. The van der Waals surface area contributed by atoms with Gasteiger partial charge in [-0.25, -0.2) is 9.97 Å². The van der Waals surface area contributed by atoms with Crippen molar-refractivity contribution in [1.29, 1.82) is 0 Å². The molecule has 3 aromatic carbocycles. The largest absolute Gasteiger partial charge is 0.493 e. The second-order valence-corrected chi connectivity index (χ2v) is 8.00. The van der Waals surface area contributed by atoms with Gasteiger partial charge in [-0.2, -0.15) is 0 Å². The van der Waals surface area contributed by atoms with Crippen molar-refractivity contribution < 1.29 is 9.53 Å². The van der Waals surface area contributed by atoms with E-state index in [-0.39, 0.29) is 11.5 Å². The first kappa shape index (κ1) is 22.0. The van der Waals surface area contributed by atoms with Gasteiger partial charge in [-0.05, 0) is 29.8 Å². The summed E-state index contributed by atoms with van der Waals surface area (Å²) >= 11 is 0. The van der Waals surface area contributed by atoms with Gasteiger partial charge in [-0.15, -0.1) is 0 Å². The highest BCUT2D eigenvalue weighted by molar-refractivity contribution is 5.97. The number of ether oxygens (including phenoxy) is 1. The van der Waals surface area contributed by atoms with E-state index in [9.17, 15) is 4.79 Å². The summed E-state index contributed by atoms with van der Waals surface area (Å²) in [5, 5.41) is 0.961. The standard InChI is InChI=1S/C20H15N5O.C8H8O/c21-19-18(20(22)26)24-17(16(25-19)12-5-2-1-3-6-12)14-8-9-15-13(11-14)7-4-10-23-15;1-2-4-8-7(3-1)5-6-9-8/h1-11H,(H2,21,25)(H2,22,26);1-4H,5-6H2. The topological polar surface area (TPSA) is 117 Å². The lowest BCUT2D eigenvalue weighted by atomic mass is 10.0. The molecule has 1 aliphatic rings. The van der Waals surface area contributed by atoms with Gasteiger partial charge in [-0.3, -0.25) is 9.78 Å². The van der Waals surface area contributed by atoms with Crippen molar-refractivity contribution in [2.45, 2.75) is 6.42 Å². The molecular formula is C28H23N5O2. The van der Waals surface area contributed by atoms with Gasteiger partial charge in [0.05, 0.1) is 23.5 Å². The quantitative estimate of drug-likeness (QED) is 0.403. The second kappa shape index (κ2) is 9.61. The molecule has 1 amide bonds. The van der Waals surface area contributed by atoms with E-state index < -0.39 is 5.91 Å². The van der Waals surface area contributed by atoms with Crippen molar-refractivity contribution in [1.82, 2.24) is 15.0 Å². The molecular weight excluding hydrogens is 438 g/mol. The summed E-state index contributed by atoms with van der Waals surface area (Å²) < 4.78 is 5.30. The maximum absolute atomic E-state index is 11.7. The molecule has 5 aromatic rings. The number of carbonyl (C=O) groups excluding carboxylic acids is 1. The van der Waals surface area contributed by atoms with Gasteiger partial charge in [0.2, 0.25) is 0 Å². The number of rotatable bonds is 3. The molecule has 0 unspecified atom stereocenters. The number of hydrogen-bond acceptors (Lipinski definition) is 6. The molecule has 0 bridgehead atoms. The Balaban J connectivity index is 0.000000234. The highest BCUT2D eigenvalue weighted by atomic mass is 16.5. The van der Waals surface area contributed by atoms with E-state index in [0.29, 0.717) is 11.4 Å². The minimum absolute atomic E-state index is 0.0163. The SMILES string of the molecule is NC(=O)c1nc(-c2ccc3ncccc3c2)c(-c2ccccc2)nc1N.c1ccc2c(c1)CCO2. The van der Waals surface area contributed by atoms with E-state index in [1.165, 1.54) is 5.56 Å². The first-order chi connectivity index (χ1) is 17.1. The molecule has 0 fully saturated rings. The molecule has 6 rings (SSSR count). The maximum atomic E-state index is 11.7. The molecule has 0 radical (unpaired) electrons. The number of nitrogens with zero attached hydrogens (tertiary/aromatic N) is 3. The number of para-hydroxylation sites is 1. The molecule has 35 heavy (non-hydrogen) atoms. The Kier molecular flexibility index (Phi) is 6.05. The van der Waals surface area contributed by atoms with E-state index in [2.05, 4.69) is 21.0 Å². The first-order valence-electron chi connectivity index (χ1n) is 11.2. The summed E-state index contributed by atoms with van der Waals surface area (Å²) in [6.45, 7) is 0.860. The third-order valence-corrected chi connectivity index (χ3v) is 5.68. The fraction of sp³-hybridized carbons (Fsp3) is 0.0714. The van der Waals surface area contributed by atoms with Gasteiger partial charge >= 0.3 is 0 Å². The van der Waals surface area contributed by atoms with Crippen LogP contribution in [-0.2, 0) is 6.42 Å². The highest BCUT2D eigenvalue weighted by Gasteiger charge is 2.18. The highest BCUT2D eigenvalue weighted by Crippen LogP contribution is 2.32. The maximum Gasteiger partial charge on any atom is 0.271 e. The monoisotopic (exact) mass is 461 g/mol. The Bertz CT molecular complexity index is 1500. The summed E-state index contributed by atoms with van der Waals surface area (Å²) in [4.78, 5) is 24.9. The fourth-order valence-electron chi connectivity index (χ4n) is 3.97. The molecule has 0 spiro atoms. The van der Waals surface area contributed by atoms with Crippen LogP contribution in [-0.4, -0.2) is 27.5 Å². The zero-order chi connectivity index (χ0) is 24.2. The number of primary amides is 1. The number of hydrogen-bond donors (Lipinski definition) is 2. The van der Waals surface area contributed by atoms with Crippen LogP contribution in [0.2, 0.25) is 0 Å². The Morgan fingerprint density at radius 1 is 0.829 bits per heavy atom. The predicted molar refractivity (Wildman–Crippen MR) is 137 cm³/mol.